The summed E-state index contributed by atoms with van der Waals surface area (Å²) in [6, 6.07) is 26.4. The predicted octanol–water partition coefficient (Wildman–Crippen LogP) is 5.51. The minimum absolute atomic E-state index is 0.0167. The summed E-state index contributed by atoms with van der Waals surface area (Å²) < 4.78 is 28.8. The summed E-state index contributed by atoms with van der Waals surface area (Å²) in [6.45, 7) is 7.19. The number of amides is 1. The van der Waals surface area contributed by atoms with Gasteiger partial charge in [0.05, 0.1) is 30.7 Å². The van der Waals surface area contributed by atoms with Gasteiger partial charge in [0.2, 0.25) is 15.0 Å². The van der Waals surface area contributed by atoms with Gasteiger partial charge in [-0.1, -0.05) is 92.7 Å². The largest absolute Gasteiger partial charge is 0.332 e. The van der Waals surface area contributed by atoms with E-state index in [0.29, 0.717) is 29.9 Å². The first kappa shape index (κ1) is 26.4. The average Bonchev–Trinajstić information content (AvgIpc) is 3.27. The third-order valence-corrected chi connectivity index (χ3v) is 7.76. The summed E-state index contributed by atoms with van der Waals surface area (Å²) in [5.74, 6) is 0.0180. The summed E-state index contributed by atoms with van der Waals surface area (Å²) in [5.41, 5.74) is 3.89. The van der Waals surface area contributed by atoms with Gasteiger partial charge in [-0.25, -0.2) is 13.4 Å². The third kappa shape index (κ3) is 6.54. The number of sulfone groups is 1. The number of carbonyl (C=O) groups excluding carboxylic acids is 1. The first-order valence-corrected chi connectivity index (χ1v) is 14.1. The molecule has 0 saturated carbocycles. The maximum Gasteiger partial charge on any atom is 0.254 e. The number of nitrogens with zero attached hydrogens (tertiary/aromatic N) is 3. The molecule has 37 heavy (non-hydrogen) atoms. The van der Waals surface area contributed by atoms with Crippen LogP contribution >= 0.6 is 0 Å². The van der Waals surface area contributed by atoms with Crippen molar-refractivity contribution in [2.45, 2.75) is 44.8 Å². The van der Waals surface area contributed by atoms with Gasteiger partial charge in [0.25, 0.3) is 5.91 Å². The molecule has 0 atom stereocenters. The molecular formula is C30H33N3O3S. The van der Waals surface area contributed by atoms with Crippen LogP contribution in [0.15, 0.2) is 96.3 Å². The van der Waals surface area contributed by atoms with E-state index >= 15 is 0 Å². The average molecular weight is 516 g/mol. The first-order valence-electron chi connectivity index (χ1n) is 12.4. The Morgan fingerprint density at radius 1 is 0.892 bits per heavy atom. The highest BCUT2D eigenvalue weighted by Crippen LogP contribution is 2.22. The Hall–Kier alpha value is -3.71. The Kier molecular flexibility index (Phi) is 8.24. The van der Waals surface area contributed by atoms with Crippen LogP contribution in [0.2, 0.25) is 0 Å². The fraction of sp³-hybridized carbons (Fsp3) is 0.267. The normalized spacial score (nSPS) is 11.6. The van der Waals surface area contributed by atoms with E-state index in [1.807, 2.05) is 79.7 Å². The molecule has 0 fully saturated rings. The van der Waals surface area contributed by atoms with Crippen molar-refractivity contribution < 1.29 is 13.2 Å². The molecule has 0 N–H and O–H groups in total. The molecule has 0 aliphatic heterocycles. The monoisotopic (exact) mass is 515 g/mol. The van der Waals surface area contributed by atoms with Crippen molar-refractivity contribution in [3.05, 3.63) is 119 Å². The molecule has 1 aromatic heterocycles. The van der Waals surface area contributed by atoms with Crippen molar-refractivity contribution in [3.8, 4) is 0 Å². The molecule has 0 aliphatic rings. The molecule has 6 nitrogen and oxygen atoms in total. The fourth-order valence-electron chi connectivity index (χ4n) is 4.40. The van der Waals surface area contributed by atoms with E-state index in [1.54, 1.807) is 27.8 Å². The highest BCUT2D eigenvalue weighted by atomic mass is 32.2. The summed E-state index contributed by atoms with van der Waals surface area (Å²) in [6.07, 6.45) is 1.60. The van der Waals surface area contributed by atoms with E-state index in [0.717, 1.165) is 11.1 Å². The van der Waals surface area contributed by atoms with Gasteiger partial charge in [-0.05, 0) is 35.6 Å². The van der Waals surface area contributed by atoms with Gasteiger partial charge >= 0.3 is 0 Å². The zero-order valence-corrected chi connectivity index (χ0v) is 22.4. The first-order chi connectivity index (χ1) is 17.7. The van der Waals surface area contributed by atoms with E-state index < -0.39 is 9.84 Å². The summed E-state index contributed by atoms with van der Waals surface area (Å²) in [5, 5.41) is 0.0167. The number of benzene rings is 3. The maximum absolute atomic E-state index is 13.6. The Labute approximate surface area is 219 Å². The van der Waals surface area contributed by atoms with Gasteiger partial charge in [0.15, 0.2) is 0 Å². The molecule has 0 spiro atoms. The zero-order chi connectivity index (χ0) is 26.4. The predicted molar refractivity (Wildman–Crippen MR) is 146 cm³/mol. The molecule has 1 amide bonds. The van der Waals surface area contributed by atoms with E-state index in [9.17, 15) is 13.2 Å². The number of rotatable bonds is 10. The van der Waals surface area contributed by atoms with Crippen LogP contribution in [0.5, 0.6) is 0 Å². The molecular weight excluding hydrogens is 482 g/mol. The molecule has 7 heteroatoms. The van der Waals surface area contributed by atoms with Crippen molar-refractivity contribution in [1.82, 2.24) is 14.5 Å². The standard InChI is InChI=1S/C30H33N3O3S/c1-23(2)19-32(29(34)28-17-11-10-12-24(28)3)21-27-18-31-30(33(27)20-25-13-6-4-7-14-25)37(35,36)22-26-15-8-5-9-16-26/h4-18,23H,19-22H2,1-3H3. The summed E-state index contributed by atoms with van der Waals surface area (Å²) >= 11 is 0. The molecule has 4 rings (SSSR count). The lowest BCUT2D eigenvalue weighted by Gasteiger charge is -2.26. The lowest BCUT2D eigenvalue weighted by molar-refractivity contribution is 0.0717. The molecule has 0 saturated heterocycles. The number of hydrogen-bond acceptors (Lipinski definition) is 4. The Bertz CT molecular complexity index is 1450. The smallest absolute Gasteiger partial charge is 0.254 e. The molecule has 1 heterocycles. The van der Waals surface area contributed by atoms with Crippen LogP contribution in [0.25, 0.3) is 0 Å². The molecule has 0 aliphatic carbocycles. The second-order valence-electron chi connectivity index (χ2n) is 9.74. The highest BCUT2D eigenvalue weighted by molar-refractivity contribution is 7.90. The molecule has 3 aromatic carbocycles. The number of carbonyl (C=O) groups is 1. The summed E-state index contributed by atoms with van der Waals surface area (Å²) in [4.78, 5) is 19.8. The van der Waals surface area contributed by atoms with Crippen molar-refractivity contribution in [1.29, 1.82) is 0 Å². The topological polar surface area (TPSA) is 72.3 Å². The van der Waals surface area contributed by atoms with E-state index in [4.69, 9.17) is 0 Å². The number of aromatic nitrogens is 2. The maximum atomic E-state index is 13.6. The van der Waals surface area contributed by atoms with Crippen LogP contribution in [-0.4, -0.2) is 35.3 Å². The van der Waals surface area contributed by atoms with Gasteiger partial charge in [-0.15, -0.1) is 0 Å². The van der Waals surface area contributed by atoms with Gasteiger partial charge in [-0.2, -0.15) is 0 Å². The molecule has 0 unspecified atom stereocenters. The van der Waals surface area contributed by atoms with Crippen molar-refractivity contribution in [2.24, 2.45) is 5.92 Å². The summed E-state index contributed by atoms with van der Waals surface area (Å²) in [7, 11) is -3.73. The van der Waals surface area contributed by atoms with Crippen LogP contribution < -0.4 is 0 Å². The van der Waals surface area contributed by atoms with Gasteiger partial charge < -0.3 is 9.47 Å². The third-order valence-electron chi connectivity index (χ3n) is 6.16. The minimum Gasteiger partial charge on any atom is -0.332 e. The van der Waals surface area contributed by atoms with Gasteiger partial charge in [0.1, 0.15) is 0 Å². The van der Waals surface area contributed by atoms with Crippen LogP contribution in [0, 0.1) is 12.8 Å². The zero-order valence-electron chi connectivity index (χ0n) is 21.5. The molecule has 0 radical (unpaired) electrons. The van der Waals surface area contributed by atoms with Gasteiger partial charge in [-0.3, -0.25) is 4.79 Å². The van der Waals surface area contributed by atoms with E-state index in [-0.39, 0.29) is 29.3 Å². The van der Waals surface area contributed by atoms with E-state index in [1.165, 1.54) is 0 Å². The molecule has 4 aromatic rings. The highest BCUT2D eigenvalue weighted by Gasteiger charge is 2.27. The van der Waals surface area contributed by atoms with Crippen molar-refractivity contribution in [2.75, 3.05) is 6.54 Å². The fourth-order valence-corrected chi connectivity index (χ4v) is 5.89. The second-order valence-corrected chi connectivity index (χ2v) is 11.6. The van der Waals surface area contributed by atoms with E-state index in [2.05, 4.69) is 18.8 Å². The quantitative estimate of drug-likeness (QED) is 0.279. The van der Waals surface area contributed by atoms with Crippen LogP contribution in [0.1, 0.15) is 46.6 Å². The number of hydrogen-bond donors (Lipinski definition) is 0. The Morgan fingerprint density at radius 3 is 2.11 bits per heavy atom. The lowest BCUT2D eigenvalue weighted by Crippen LogP contribution is -2.35. The number of aryl methyl sites for hydroxylation is 1. The SMILES string of the molecule is Cc1ccccc1C(=O)N(Cc1cnc(S(=O)(=O)Cc2ccccc2)n1Cc1ccccc1)CC(C)C. The van der Waals surface area contributed by atoms with Gasteiger partial charge in [0, 0.05) is 12.1 Å². The lowest BCUT2D eigenvalue weighted by atomic mass is 10.1. The van der Waals surface area contributed by atoms with Crippen molar-refractivity contribution in [3.63, 3.8) is 0 Å². The second kappa shape index (κ2) is 11.6. The van der Waals surface area contributed by atoms with Crippen LogP contribution in [0.3, 0.4) is 0 Å². The molecule has 192 valence electrons. The van der Waals surface area contributed by atoms with Crippen LogP contribution in [-0.2, 0) is 28.7 Å². The Balaban J connectivity index is 1.73. The van der Waals surface area contributed by atoms with Crippen LogP contribution in [0.4, 0.5) is 0 Å². The minimum atomic E-state index is -3.73. The molecule has 0 bridgehead atoms. The number of imidazole rings is 1. The van der Waals surface area contributed by atoms with Crippen molar-refractivity contribution >= 4 is 15.7 Å². The Morgan fingerprint density at radius 2 is 1.49 bits per heavy atom.